The maximum atomic E-state index is 6.02. The zero-order valence-electron chi connectivity index (χ0n) is 12.3. The molecule has 0 spiro atoms. The van der Waals surface area contributed by atoms with Gasteiger partial charge in [-0.05, 0) is 37.2 Å². The van der Waals surface area contributed by atoms with Crippen molar-refractivity contribution in [1.82, 2.24) is 15.3 Å². The highest BCUT2D eigenvalue weighted by Gasteiger charge is 2.14. The zero-order valence-corrected chi connectivity index (χ0v) is 13.9. The van der Waals surface area contributed by atoms with Gasteiger partial charge in [-0.3, -0.25) is 0 Å². The predicted molar refractivity (Wildman–Crippen MR) is 97.0 cm³/mol. The topological polar surface area (TPSA) is 61.9 Å². The molecule has 3 heterocycles. The quantitative estimate of drug-likeness (QED) is 0.670. The fraction of sp³-hybridized carbons (Fsp3) is 0.250. The van der Waals surface area contributed by atoms with Crippen LogP contribution in [0, 0.1) is 0 Å². The molecule has 4 rings (SSSR count). The van der Waals surface area contributed by atoms with Crippen LogP contribution >= 0.6 is 22.9 Å². The van der Waals surface area contributed by atoms with E-state index in [1.165, 1.54) is 0 Å². The second kappa shape index (κ2) is 6.31. The number of hydrogen-bond acceptors (Lipinski definition) is 6. The lowest BCUT2D eigenvalue weighted by molar-refractivity contribution is 0.793. The first-order valence-corrected chi connectivity index (χ1v) is 8.72. The molecule has 1 aliphatic heterocycles. The van der Waals surface area contributed by atoms with Crippen molar-refractivity contribution in [3.8, 4) is 0 Å². The summed E-state index contributed by atoms with van der Waals surface area (Å²) in [5, 5.41) is 11.7. The number of thiazole rings is 1. The Balaban J connectivity index is 1.52. The van der Waals surface area contributed by atoms with Gasteiger partial charge in [-0.1, -0.05) is 22.9 Å². The lowest BCUT2D eigenvalue weighted by Crippen LogP contribution is -2.22. The van der Waals surface area contributed by atoms with Crippen LogP contribution in [-0.4, -0.2) is 29.1 Å². The molecule has 2 aromatic heterocycles. The lowest BCUT2D eigenvalue weighted by atomic mass is 10.2. The Morgan fingerprint density at radius 2 is 2.22 bits per heavy atom. The number of nitrogens with zero attached hydrogens (tertiary/aromatic N) is 2. The first-order valence-electron chi connectivity index (χ1n) is 7.53. The van der Waals surface area contributed by atoms with Crippen molar-refractivity contribution in [1.29, 1.82) is 0 Å². The molecule has 1 aromatic carbocycles. The van der Waals surface area contributed by atoms with Crippen LogP contribution in [0.2, 0.25) is 5.02 Å². The number of aromatic nitrogens is 2. The van der Waals surface area contributed by atoms with Crippen LogP contribution in [0.5, 0.6) is 0 Å². The monoisotopic (exact) mass is 345 g/mol. The van der Waals surface area contributed by atoms with Crippen LogP contribution in [0.1, 0.15) is 6.42 Å². The Bertz CT molecular complexity index is 828. The van der Waals surface area contributed by atoms with Crippen LogP contribution in [-0.2, 0) is 0 Å². The van der Waals surface area contributed by atoms with E-state index in [0.29, 0.717) is 6.04 Å². The van der Waals surface area contributed by atoms with E-state index in [9.17, 15) is 0 Å². The van der Waals surface area contributed by atoms with Gasteiger partial charge in [0.2, 0.25) is 0 Å². The molecular weight excluding hydrogens is 330 g/mol. The Labute approximate surface area is 143 Å². The minimum atomic E-state index is 0.481. The third-order valence-corrected chi connectivity index (χ3v) is 4.95. The van der Waals surface area contributed by atoms with Crippen LogP contribution in [0.4, 0.5) is 16.6 Å². The average Bonchev–Trinajstić information content (AvgIpc) is 3.16. The molecule has 0 amide bonds. The maximum absolute atomic E-state index is 6.02. The molecule has 118 valence electrons. The van der Waals surface area contributed by atoms with Crippen LogP contribution < -0.4 is 16.0 Å². The minimum absolute atomic E-state index is 0.481. The summed E-state index contributed by atoms with van der Waals surface area (Å²) in [7, 11) is 0. The van der Waals surface area contributed by atoms with E-state index in [2.05, 4.69) is 25.9 Å². The Hall–Kier alpha value is -1.89. The number of halogens is 1. The second-order valence-corrected chi connectivity index (χ2v) is 6.99. The summed E-state index contributed by atoms with van der Waals surface area (Å²) < 4.78 is 1.06. The number of rotatable bonds is 4. The van der Waals surface area contributed by atoms with Crippen molar-refractivity contribution in [3.63, 3.8) is 0 Å². The first kappa shape index (κ1) is 14.7. The lowest BCUT2D eigenvalue weighted by Gasteiger charge is -2.13. The van der Waals surface area contributed by atoms with E-state index in [4.69, 9.17) is 11.6 Å². The smallest absolute Gasteiger partial charge is 0.189 e. The average molecular weight is 346 g/mol. The molecule has 3 N–H and O–H groups in total. The third-order valence-electron chi connectivity index (χ3n) is 3.78. The highest BCUT2D eigenvalue weighted by molar-refractivity contribution is 7.22. The van der Waals surface area contributed by atoms with Crippen molar-refractivity contribution in [2.75, 3.05) is 23.7 Å². The molecule has 0 radical (unpaired) electrons. The fourth-order valence-corrected chi connectivity index (χ4v) is 3.81. The molecule has 0 saturated carbocycles. The third kappa shape index (κ3) is 3.39. The van der Waals surface area contributed by atoms with E-state index >= 15 is 0 Å². The maximum Gasteiger partial charge on any atom is 0.189 e. The predicted octanol–water partition coefficient (Wildman–Crippen LogP) is 3.86. The molecule has 1 atom stereocenters. The summed E-state index contributed by atoms with van der Waals surface area (Å²) in [5.74, 6) is 0.783. The highest BCUT2D eigenvalue weighted by atomic mass is 35.5. The summed E-state index contributed by atoms with van der Waals surface area (Å²) >= 11 is 7.59. The molecule has 23 heavy (non-hydrogen) atoms. The van der Waals surface area contributed by atoms with Crippen LogP contribution in [0.3, 0.4) is 0 Å². The molecule has 1 saturated heterocycles. The molecule has 1 unspecified atom stereocenters. The van der Waals surface area contributed by atoms with E-state index in [1.807, 2.05) is 30.3 Å². The van der Waals surface area contributed by atoms with E-state index in [-0.39, 0.29) is 0 Å². The summed E-state index contributed by atoms with van der Waals surface area (Å²) in [6, 6.07) is 10.2. The molecule has 1 aliphatic rings. The van der Waals surface area contributed by atoms with Crippen LogP contribution in [0.15, 0.2) is 36.5 Å². The van der Waals surface area contributed by atoms with Gasteiger partial charge < -0.3 is 16.0 Å². The molecule has 0 bridgehead atoms. The Morgan fingerprint density at radius 3 is 3.09 bits per heavy atom. The van der Waals surface area contributed by atoms with Crippen molar-refractivity contribution in [2.24, 2.45) is 0 Å². The van der Waals surface area contributed by atoms with E-state index in [0.717, 1.165) is 51.4 Å². The largest absolute Gasteiger partial charge is 0.381 e. The number of fused-ring (bicyclic) bond motifs is 1. The van der Waals surface area contributed by atoms with Gasteiger partial charge in [0.05, 0.1) is 10.2 Å². The summed E-state index contributed by atoms with van der Waals surface area (Å²) in [5.41, 5.74) is 2.01. The van der Waals surface area contributed by atoms with Gasteiger partial charge in [0.1, 0.15) is 5.82 Å². The minimum Gasteiger partial charge on any atom is -0.381 e. The molecule has 7 heteroatoms. The van der Waals surface area contributed by atoms with Gasteiger partial charge in [0, 0.05) is 35.6 Å². The molecule has 3 aromatic rings. The van der Waals surface area contributed by atoms with Gasteiger partial charge in [-0.2, -0.15) is 0 Å². The van der Waals surface area contributed by atoms with Gasteiger partial charge in [-0.15, -0.1) is 0 Å². The standard InChI is InChI=1S/C16H16ClN5S/c17-10-1-2-13-14(7-10)23-16(21-13)22-15-8-11(4-6-19-15)20-12-3-5-18-9-12/h1-2,4,6-8,12,18H,3,5,9H2,(H2,19,20,21,22). The molecule has 0 aliphatic carbocycles. The van der Waals surface area contributed by atoms with Crippen molar-refractivity contribution in [3.05, 3.63) is 41.6 Å². The molecular formula is C16H16ClN5S. The second-order valence-electron chi connectivity index (χ2n) is 5.52. The van der Waals surface area contributed by atoms with Crippen molar-refractivity contribution >= 4 is 49.8 Å². The van der Waals surface area contributed by atoms with Crippen molar-refractivity contribution < 1.29 is 0 Å². The summed E-state index contributed by atoms with van der Waals surface area (Å²) in [6.07, 6.45) is 2.95. The number of hydrogen-bond donors (Lipinski definition) is 3. The molecule has 5 nitrogen and oxygen atoms in total. The van der Waals surface area contributed by atoms with Gasteiger partial charge in [0.15, 0.2) is 5.13 Å². The van der Waals surface area contributed by atoms with Crippen molar-refractivity contribution in [2.45, 2.75) is 12.5 Å². The molecule has 1 fully saturated rings. The SMILES string of the molecule is Clc1ccc2nc(Nc3cc(NC4CCNC4)ccn3)sc2c1. The Kier molecular flexibility index (Phi) is 4.03. The highest BCUT2D eigenvalue weighted by Crippen LogP contribution is 2.30. The fourth-order valence-electron chi connectivity index (χ4n) is 2.66. The van der Waals surface area contributed by atoms with Gasteiger partial charge >= 0.3 is 0 Å². The first-order chi connectivity index (χ1) is 11.3. The summed E-state index contributed by atoms with van der Waals surface area (Å²) in [4.78, 5) is 8.93. The van der Waals surface area contributed by atoms with Crippen LogP contribution in [0.25, 0.3) is 10.2 Å². The number of benzene rings is 1. The zero-order chi connectivity index (χ0) is 15.6. The van der Waals surface area contributed by atoms with E-state index in [1.54, 1.807) is 17.5 Å². The summed E-state index contributed by atoms with van der Waals surface area (Å²) in [6.45, 7) is 2.08. The van der Waals surface area contributed by atoms with Gasteiger partial charge in [0.25, 0.3) is 0 Å². The number of nitrogens with one attached hydrogen (secondary N) is 3. The normalized spacial score (nSPS) is 17.5. The van der Waals surface area contributed by atoms with E-state index < -0.39 is 0 Å². The Morgan fingerprint density at radius 1 is 1.26 bits per heavy atom. The number of anilines is 3. The van der Waals surface area contributed by atoms with Gasteiger partial charge in [-0.25, -0.2) is 9.97 Å². The number of pyridine rings is 1.